The van der Waals surface area contributed by atoms with Gasteiger partial charge in [0.2, 0.25) is 11.8 Å². The third-order valence-corrected chi connectivity index (χ3v) is 13.2. The van der Waals surface area contributed by atoms with E-state index < -0.39 is 16.6 Å². The topological polar surface area (TPSA) is 201 Å². The highest BCUT2D eigenvalue weighted by molar-refractivity contribution is 8.00. The second-order valence-corrected chi connectivity index (χ2v) is 17.6. The van der Waals surface area contributed by atoms with E-state index in [1.807, 2.05) is 11.8 Å². The Morgan fingerprint density at radius 3 is 2.81 bits per heavy atom. The van der Waals surface area contributed by atoms with Crippen molar-refractivity contribution in [3.05, 3.63) is 58.7 Å². The van der Waals surface area contributed by atoms with Crippen molar-refractivity contribution in [3.8, 4) is 0 Å². The second-order valence-electron chi connectivity index (χ2n) is 15.1. The van der Waals surface area contributed by atoms with Crippen molar-refractivity contribution in [2.24, 2.45) is 4.36 Å². The van der Waals surface area contributed by atoms with Gasteiger partial charge in [-0.1, -0.05) is 25.1 Å². The number of carbonyl (C=O) groups excluding carboxylic acids is 4. The molecule has 7 rings (SSSR count). The average molecular weight is 777 g/mol. The monoisotopic (exact) mass is 776 g/mol. The number of thiol groups is 1. The van der Waals surface area contributed by atoms with Gasteiger partial charge in [0.25, 0.3) is 0 Å². The van der Waals surface area contributed by atoms with Crippen LogP contribution in [0.3, 0.4) is 0 Å². The number of urea groups is 2. The van der Waals surface area contributed by atoms with Crippen LogP contribution in [0.4, 0.5) is 21.0 Å². The summed E-state index contributed by atoms with van der Waals surface area (Å²) in [6, 6.07) is 6.16. The molecule has 0 bridgehead atoms. The Labute approximate surface area is 320 Å². The quantitative estimate of drug-likeness (QED) is 0.0794. The van der Waals surface area contributed by atoms with Crippen LogP contribution in [0, 0.1) is 0 Å². The van der Waals surface area contributed by atoms with Crippen LogP contribution < -0.4 is 26.6 Å². The summed E-state index contributed by atoms with van der Waals surface area (Å²) in [7, 11) is -2.41. The molecule has 1 aromatic carbocycles. The van der Waals surface area contributed by atoms with E-state index in [1.54, 1.807) is 35.1 Å². The summed E-state index contributed by atoms with van der Waals surface area (Å²) in [5.74, 6) is 0.683. The van der Waals surface area contributed by atoms with Crippen molar-refractivity contribution in [1.82, 2.24) is 35.9 Å². The number of pyridine rings is 1. The van der Waals surface area contributed by atoms with Crippen LogP contribution in [0.1, 0.15) is 87.0 Å². The molecule has 5 N–H and O–H groups in total. The van der Waals surface area contributed by atoms with Gasteiger partial charge >= 0.3 is 12.1 Å². The Morgan fingerprint density at radius 1 is 1.07 bits per heavy atom. The number of aromatic nitrogens is 4. The number of anilines is 2. The normalized spacial score (nSPS) is 21.1. The molecule has 2 aliphatic heterocycles. The number of aryl methyl sites for hydroxylation is 3. The van der Waals surface area contributed by atoms with Gasteiger partial charge in [-0.3, -0.25) is 19.3 Å². The van der Waals surface area contributed by atoms with Crippen LogP contribution in [0.25, 0.3) is 0 Å². The second kappa shape index (κ2) is 16.5. The molecule has 2 saturated heterocycles. The molecule has 15 nitrogen and oxygen atoms in total. The van der Waals surface area contributed by atoms with Gasteiger partial charge in [0.1, 0.15) is 0 Å². The summed E-state index contributed by atoms with van der Waals surface area (Å²) in [6.07, 6.45) is 9.67. The standard InChI is InChI=1S/C37H48N10O5S2/c1-37(2)16-15-26-32(25-9-4-10-27(25)40-34(26)37)42-36(51)45-54(52)24-8-3-7-22(19-24)39-31(49)14-13-23-20-47(46-44-23)18-6-17-38-30(48)12-5-11-29-33-28(21-53-29)41-35(50)43-33/h3,7-8,19-20,28-29,33,54H,4-6,9-18,21H2,1-2H3,(H,38,48)(H,39,49)(H,40,42,51)(H2,41,43,50)/t28-,29?,33-/m0/s1. The summed E-state index contributed by atoms with van der Waals surface area (Å²) in [5, 5.41) is 23.3. The highest BCUT2D eigenvalue weighted by Gasteiger charge is 2.42. The largest absolute Gasteiger partial charge is 0.356 e. The van der Waals surface area contributed by atoms with E-state index in [-0.39, 0.29) is 41.8 Å². The van der Waals surface area contributed by atoms with E-state index in [0.717, 1.165) is 78.9 Å². The lowest BCUT2D eigenvalue weighted by Gasteiger charge is -2.20. The van der Waals surface area contributed by atoms with Crippen LogP contribution in [0.5, 0.6) is 0 Å². The van der Waals surface area contributed by atoms with E-state index in [4.69, 9.17) is 4.98 Å². The summed E-state index contributed by atoms with van der Waals surface area (Å²) >= 11 is 1.85. The highest BCUT2D eigenvalue weighted by atomic mass is 32.2. The molecule has 54 heavy (non-hydrogen) atoms. The first-order chi connectivity index (χ1) is 26.0. The van der Waals surface area contributed by atoms with Crippen LogP contribution in [-0.4, -0.2) is 77.7 Å². The molecule has 4 aliphatic rings. The number of amides is 6. The molecule has 0 spiro atoms. The smallest absolute Gasteiger partial charge is 0.353 e. The zero-order valence-corrected chi connectivity index (χ0v) is 32.4. The molecule has 2 aromatic heterocycles. The number of fused-ring (bicyclic) bond motifs is 3. The minimum atomic E-state index is -2.41. The summed E-state index contributed by atoms with van der Waals surface area (Å²) in [6.45, 7) is 5.45. The Hall–Kier alpha value is -4.51. The van der Waals surface area contributed by atoms with Gasteiger partial charge in [0.15, 0.2) is 0 Å². The number of hydrogen-bond acceptors (Lipinski definition) is 9. The molecule has 2 fully saturated rings. The molecule has 2 unspecified atom stereocenters. The lowest BCUT2D eigenvalue weighted by molar-refractivity contribution is -0.121. The molecule has 17 heteroatoms. The highest BCUT2D eigenvalue weighted by Crippen LogP contribution is 2.44. The molecule has 6 amide bonds. The predicted molar refractivity (Wildman–Crippen MR) is 207 cm³/mol. The van der Waals surface area contributed by atoms with E-state index >= 15 is 0 Å². The number of hydrogen-bond donors (Lipinski definition) is 6. The first-order valence-electron chi connectivity index (χ1n) is 18.8. The van der Waals surface area contributed by atoms with E-state index in [2.05, 4.69) is 55.1 Å². The van der Waals surface area contributed by atoms with Crippen LogP contribution in [0.15, 0.2) is 39.7 Å². The fourth-order valence-corrected chi connectivity index (χ4v) is 10.1. The van der Waals surface area contributed by atoms with E-state index in [0.29, 0.717) is 53.9 Å². The molecule has 4 atom stereocenters. The molecule has 4 heterocycles. The molecular formula is C37H48N10O5S2. The van der Waals surface area contributed by atoms with Crippen molar-refractivity contribution in [2.75, 3.05) is 22.9 Å². The lowest BCUT2D eigenvalue weighted by atomic mass is 9.90. The SMILES string of the molecule is CC1(C)CCc2c1nc1c(c2NC(=O)/N=[SH](=O)/c2cccc(NC(=O)CCc3cn(CCCNC(=O)CCCC4SC[C@@H]5NC(=O)N[C@H]45)nn3)c2)CCC1. The number of nitrogens with one attached hydrogen (secondary N) is 5. The Morgan fingerprint density at radius 2 is 1.94 bits per heavy atom. The molecule has 0 saturated carbocycles. The minimum absolute atomic E-state index is 0.0150. The van der Waals surface area contributed by atoms with E-state index in [9.17, 15) is 23.4 Å². The Kier molecular flexibility index (Phi) is 11.5. The molecule has 288 valence electrons. The van der Waals surface area contributed by atoms with E-state index in [1.165, 1.54) is 0 Å². The van der Waals surface area contributed by atoms with Gasteiger partial charge in [-0.2, -0.15) is 11.8 Å². The predicted octanol–water partition coefficient (Wildman–Crippen LogP) is 4.05. The zero-order valence-electron chi connectivity index (χ0n) is 30.7. The van der Waals surface area contributed by atoms with Gasteiger partial charge < -0.3 is 26.6 Å². The first kappa shape index (κ1) is 37.8. The summed E-state index contributed by atoms with van der Waals surface area (Å²) in [5.41, 5.74) is 6.07. The van der Waals surface area contributed by atoms with Crippen molar-refractivity contribution in [3.63, 3.8) is 0 Å². The molecule has 2 aliphatic carbocycles. The Balaban J connectivity index is 0.822. The van der Waals surface area contributed by atoms with Gasteiger partial charge in [-0.15, -0.1) is 9.46 Å². The van der Waals surface area contributed by atoms with Crippen molar-refractivity contribution in [2.45, 2.75) is 119 Å². The minimum Gasteiger partial charge on any atom is -0.356 e. The van der Waals surface area contributed by atoms with Crippen molar-refractivity contribution >= 4 is 57.6 Å². The zero-order chi connectivity index (χ0) is 37.8. The number of carbonyl (C=O) groups is 4. The van der Waals surface area contributed by atoms with Gasteiger partial charge in [0, 0.05) is 71.2 Å². The van der Waals surface area contributed by atoms with Gasteiger partial charge in [0.05, 0.1) is 39.8 Å². The number of benzene rings is 1. The Bertz CT molecular complexity index is 2030. The molecule has 3 aromatic rings. The van der Waals surface area contributed by atoms with Crippen molar-refractivity contribution in [1.29, 1.82) is 0 Å². The molecule has 0 radical (unpaired) electrons. The molecular weight excluding hydrogens is 729 g/mol. The maximum absolute atomic E-state index is 13.2. The first-order valence-corrected chi connectivity index (χ1v) is 21.1. The summed E-state index contributed by atoms with van der Waals surface area (Å²) in [4.78, 5) is 55.0. The number of rotatable bonds is 14. The third-order valence-electron chi connectivity index (χ3n) is 10.6. The van der Waals surface area contributed by atoms with Gasteiger partial charge in [-0.25, -0.2) is 13.8 Å². The van der Waals surface area contributed by atoms with Crippen molar-refractivity contribution < 1.29 is 23.4 Å². The number of thioether (sulfide) groups is 1. The third kappa shape index (κ3) is 8.88. The van der Waals surface area contributed by atoms with Crippen LogP contribution in [-0.2, 0) is 57.8 Å². The maximum Gasteiger partial charge on any atom is 0.353 e. The van der Waals surface area contributed by atoms with Gasteiger partial charge in [-0.05, 0) is 80.7 Å². The average Bonchev–Trinajstić information content (AvgIpc) is 3.97. The summed E-state index contributed by atoms with van der Waals surface area (Å²) < 4.78 is 18.8. The lowest BCUT2D eigenvalue weighted by Crippen LogP contribution is -2.37. The maximum atomic E-state index is 13.2. The van der Waals surface area contributed by atoms with Crippen LogP contribution in [0.2, 0.25) is 0 Å². The van der Waals surface area contributed by atoms with Crippen LogP contribution >= 0.6 is 11.8 Å². The fraction of sp³-hybridized carbons (Fsp3) is 0.541. The number of nitrogens with zero attached hydrogens (tertiary/aromatic N) is 5. The fourth-order valence-electron chi connectivity index (χ4n) is 7.80.